The van der Waals surface area contributed by atoms with E-state index in [2.05, 4.69) is 59.6 Å². The molecular formula is C27H22FN. The number of nitrogens with zero attached hydrogens (tertiary/aromatic N) is 1. The van der Waals surface area contributed by atoms with E-state index in [1.807, 2.05) is 36.7 Å². The Morgan fingerprint density at radius 3 is 2.31 bits per heavy atom. The Morgan fingerprint density at radius 2 is 1.45 bits per heavy atom. The molecule has 1 heterocycles. The fourth-order valence-corrected chi connectivity index (χ4v) is 4.38. The Bertz CT molecular complexity index is 1240. The fourth-order valence-electron chi connectivity index (χ4n) is 4.38. The summed E-state index contributed by atoms with van der Waals surface area (Å²) in [6.07, 6.45) is 5.54. The van der Waals surface area contributed by atoms with Crippen LogP contribution in [0.2, 0.25) is 0 Å². The second-order valence-corrected chi connectivity index (χ2v) is 7.60. The van der Waals surface area contributed by atoms with E-state index in [-0.39, 0.29) is 0 Å². The van der Waals surface area contributed by atoms with Gasteiger partial charge < -0.3 is 0 Å². The molecule has 1 atom stereocenters. The number of alkyl halides is 1. The third kappa shape index (κ3) is 3.36. The molecule has 1 unspecified atom stereocenters. The van der Waals surface area contributed by atoms with Crippen LogP contribution in [0.4, 0.5) is 4.39 Å². The highest BCUT2D eigenvalue weighted by atomic mass is 19.1. The standard InChI is InChI=1S/C18H15F.C9H7N/c19-18-7-3-6-14-16-9-8-12-4-1-2-5-13(12)15(16)10-11-17(14)18;1-2-4-9-7-10-6-5-8(9)3-1/h1-2,4-5,8-11,18H,3,6-7H2;1-7H. The van der Waals surface area contributed by atoms with Crippen molar-refractivity contribution in [3.8, 4) is 0 Å². The van der Waals surface area contributed by atoms with Gasteiger partial charge in [-0.25, -0.2) is 4.39 Å². The highest BCUT2D eigenvalue weighted by Gasteiger charge is 2.21. The summed E-state index contributed by atoms with van der Waals surface area (Å²) in [5.41, 5.74) is 2.14. The summed E-state index contributed by atoms with van der Waals surface area (Å²) >= 11 is 0. The van der Waals surface area contributed by atoms with E-state index in [9.17, 15) is 4.39 Å². The lowest BCUT2D eigenvalue weighted by Gasteiger charge is -2.21. The summed E-state index contributed by atoms with van der Waals surface area (Å²) in [5.74, 6) is 0. The molecule has 142 valence electrons. The van der Waals surface area contributed by atoms with Crippen molar-refractivity contribution in [2.45, 2.75) is 25.4 Å². The number of rotatable bonds is 0. The molecule has 29 heavy (non-hydrogen) atoms. The number of benzene rings is 4. The number of halogens is 1. The maximum atomic E-state index is 14.0. The lowest BCUT2D eigenvalue weighted by Crippen LogP contribution is -2.06. The van der Waals surface area contributed by atoms with Crippen LogP contribution in [-0.4, -0.2) is 4.98 Å². The highest BCUT2D eigenvalue weighted by Crippen LogP contribution is 2.38. The van der Waals surface area contributed by atoms with Crippen LogP contribution in [0.15, 0.2) is 91.3 Å². The molecule has 4 aromatic carbocycles. The number of hydrogen-bond donors (Lipinski definition) is 0. The number of fused-ring (bicyclic) bond motifs is 6. The van der Waals surface area contributed by atoms with Crippen molar-refractivity contribution in [2.24, 2.45) is 0 Å². The van der Waals surface area contributed by atoms with E-state index in [0.717, 1.165) is 18.4 Å². The molecule has 0 saturated heterocycles. The Balaban J connectivity index is 0.000000153. The smallest absolute Gasteiger partial charge is 0.125 e. The molecule has 0 N–H and O–H groups in total. The van der Waals surface area contributed by atoms with Gasteiger partial charge in [0.25, 0.3) is 0 Å². The molecule has 6 rings (SSSR count). The number of pyridine rings is 1. The quantitative estimate of drug-likeness (QED) is 0.253. The predicted molar refractivity (Wildman–Crippen MR) is 120 cm³/mol. The topological polar surface area (TPSA) is 12.9 Å². The van der Waals surface area contributed by atoms with Gasteiger partial charge in [-0.15, -0.1) is 0 Å². The van der Waals surface area contributed by atoms with Gasteiger partial charge in [-0.2, -0.15) is 0 Å². The Morgan fingerprint density at radius 1 is 0.690 bits per heavy atom. The van der Waals surface area contributed by atoms with Crippen molar-refractivity contribution in [2.75, 3.05) is 0 Å². The van der Waals surface area contributed by atoms with E-state index in [1.165, 1.54) is 37.9 Å². The maximum absolute atomic E-state index is 14.0. The Kier molecular flexibility index (Phi) is 4.69. The molecule has 5 aromatic rings. The second kappa shape index (κ2) is 7.63. The third-order valence-electron chi connectivity index (χ3n) is 5.85. The molecule has 1 aromatic heterocycles. The first kappa shape index (κ1) is 17.8. The van der Waals surface area contributed by atoms with Gasteiger partial charge in [0, 0.05) is 12.4 Å². The van der Waals surface area contributed by atoms with Gasteiger partial charge in [0.05, 0.1) is 0 Å². The molecule has 1 nitrogen and oxygen atoms in total. The number of hydrogen-bond acceptors (Lipinski definition) is 1. The average molecular weight is 379 g/mol. The van der Waals surface area contributed by atoms with Crippen LogP contribution < -0.4 is 0 Å². The summed E-state index contributed by atoms with van der Waals surface area (Å²) in [6.45, 7) is 0. The van der Waals surface area contributed by atoms with Gasteiger partial charge in [-0.3, -0.25) is 4.98 Å². The van der Waals surface area contributed by atoms with Crippen molar-refractivity contribution >= 4 is 32.3 Å². The number of aryl methyl sites for hydroxylation is 1. The first-order chi connectivity index (χ1) is 14.3. The molecule has 0 radical (unpaired) electrons. The Hall–Kier alpha value is -3.26. The van der Waals surface area contributed by atoms with Crippen LogP contribution >= 0.6 is 0 Å². The molecule has 1 aliphatic carbocycles. The summed E-state index contributed by atoms with van der Waals surface area (Å²) < 4.78 is 14.0. The molecule has 0 fully saturated rings. The van der Waals surface area contributed by atoms with E-state index in [4.69, 9.17) is 0 Å². The van der Waals surface area contributed by atoms with E-state index >= 15 is 0 Å². The van der Waals surface area contributed by atoms with Gasteiger partial charge >= 0.3 is 0 Å². The van der Waals surface area contributed by atoms with Crippen LogP contribution in [0, 0.1) is 0 Å². The van der Waals surface area contributed by atoms with Crippen molar-refractivity contribution in [3.05, 3.63) is 102 Å². The monoisotopic (exact) mass is 379 g/mol. The molecule has 0 amide bonds. The van der Waals surface area contributed by atoms with Crippen LogP contribution in [-0.2, 0) is 6.42 Å². The van der Waals surface area contributed by atoms with Crippen LogP contribution in [0.25, 0.3) is 32.3 Å². The van der Waals surface area contributed by atoms with E-state index in [0.29, 0.717) is 6.42 Å². The zero-order chi connectivity index (χ0) is 19.6. The van der Waals surface area contributed by atoms with Crippen molar-refractivity contribution in [3.63, 3.8) is 0 Å². The zero-order valence-electron chi connectivity index (χ0n) is 16.2. The van der Waals surface area contributed by atoms with Crippen molar-refractivity contribution in [1.82, 2.24) is 4.98 Å². The fraction of sp³-hybridized carbons (Fsp3) is 0.148. The predicted octanol–water partition coefficient (Wildman–Crippen LogP) is 7.57. The SMILES string of the molecule is FC1CCCc2c1ccc1c2ccc2ccccc21.c1ccc2cnccc2c1. The minimum Gasteiger partial charge on any atom is -0.264 e. The van der Waals surface area contributed by atoms with Crippen LogP contribution in [0.3, 0.4) is 0 Å². The third-order valence-corrected chi connectivity index (χ3v) is 5.85. The van der Waals surface area contributed by atoms with Crippen LogP contribution in [0.1, 0.15) is 30.1 Å². The molecule has 0 bridgehead atoms. The molecule has 0 aliphatic heterocycles. The van der Waals surface area contributed by atoms with E-state index in [1.54, 1.807) is 0 Å². The number of aromatic nitrogens is 1. The minimum absolute atomic E-state index is 0.673. The van der Waals surface area contributed by atoms with E-state index < -0.39 is 6.17 Å². The van der Waals surface area contributed by atoms with Gasteiger partial charge in [0.1, 0.15) is 6.17 Å². The minimum atomic E-state index is -0.778. The van der Waals surface area contributed by atoms with Gasteiger partial charge in [-0.05, 0) is 68.8 Å². The summed E-state index contributed by atoms with van der Waals surface area (Å²) in [5, 5.41) is 7.46. The van der Waals surface area contributed by atoms with Crippen molar-refractivity contribution < 1.29 is 4.39 Å². The van der Waals surface area contributed by atoms with Gasteiger partial charge in [0.15, 0.2) is 0 Å². The highest BCUT2D eigenvalue weighted by molar-refractivity contribution is 6.08. The summed E-state index contributed by atoms with van der Waals surface area (Å²) in [7, 11) is 0. The largest absolute Gasteiger partial charge is 0.264 e. The zero-order valence-corrected chi connectivity index (χ0v) is 16.2. The molecule has 2 heteroatoms. The summed E-state index contributed by atoms with van der Waals surface area (Å²) in [6, 6.07) is 27.0. The first-order valence-corrected chi connectivity index (χ1v) is 10.2. The molecular weight excluding hydrogens is 357 g/mol. The maximum Gasteiger partial charge on any atom is 0.125 e. The lowest BCUT2D eigenvalue weighted by molar-refractivity contribution is 0.303. The van der Waals surface area contributed by atoms with Gasteiger partial charge in [0.2, 0.25) is 0 Å². The second-order valence-electron chi connectivity index (χ2n) is 7.60. The lowest BCUT2D eigenvalue weighted by atomic mass is 9.85. The normalized spacial score (nSPS) is 15.7. The molecule has 1 aliphatic rings. The Labute approximate surface area is 169 Å². The van der Waals surface area contributed by atoms with Gasteiger partial charge in [-0.1, -0.05) is 72.8 Å². The van der Waals surface area contributed by atoms with Crippen molar-refractivity contribution in [1.29, 1.82) is 0 Å². The summed E-state index contributed by atoms with van der Waals surface area (Å²) in [4.78, 5) is 4.01. The molecule has 0 spiro atoms. The first-order valence-electron chi connectivity index (χ1n) is 10.2. The average Bonchev–Trinajstić information content (AvgIpc) is 2.79. The van der Waals surface area contributed by atoms with Crippen LogP contribution in [0.5, 0.6) is 0 Å². The molecule has 0 saturated carbocycles.